The van der Waals surface area contributed by atoms with Crippen molar-refractivity contribution < 1.29 is 4.79 Å². The summed E-state index contributed by atoms with van der Waals surface area (Å²) in [6.07, 6.45) is 1.18. The van der Waals surface area contributed by atoms with Gasteiger partial charge in [-0.3, -0.25) is 4.79 Å². The number of amides is 1. The van der Waals surface area contributed by atoms with Crippen LogP contribution in [0.5, 0.6) is 0 Å². The Balaban J connectivity index is 2.19. The summed E-state index contributed by atoms with van der Waals surface area (Å²) in [4.78, 5) is 13.4. The van der Waals surface area contributed by atoms with Gasteiger partial charge in [-0.25, -0.2) is 0 Å². The zero-order valence-electron chi connectivity index (χ0n) is 8.92. The molecule has 1 heterocycles. The average Bonchev–Trinajstić information content (AvgIpc) is 2.62. The molecule has 3 nitrogen and oxygen atoms in total. The molecular weight excluding hydrogens is 200 g/mol. The molecule has 0 spiro atoms. The van der Waals surface area contributed by atoms with Crippen LogP contribution in [-0.4, -0.2) is 42.4 Å². The largest absolute Gasteiger partial charge is 0.355 e. The fourth-order valence-electron chi connectivity index (χ4n) is 1.80. The number of hydrogen-bond acceptors (Lipinski definition) is 2. The Morgan fingerprint density at radius 3 is 2.86 bits per heavy atom. The molecule has 0 aliphatic carbocycles. The highest BCUT2D eigenvalue weighted by Gasteiger charge is 2.23. The Kier molecular flexibility index (Phi) is 4.69. The molecule has 4 heteroatoms. The molecule has 0 saturated carbocycles. The Labute approximate surface area is 90.8 Å². The van der Waals surface area contributed by atoms with E-state index in [1.54, 1.807) is 0 Å². The van der Waals surface area contributed by atoms with Crippen LogP contribution in [0.15, 0.2) is 0 Å². The van der Waals surface area contributed by atoms with Gasteiger partial charge in [-0.15, -0.1) is 11.6 Å². The lowest BCUT2D eigenvalue weighted by atomic mass is 10.1. The van der Waals surface area contributed by atoms with Crippen LogP contribution in [0.2, 0.25) is 0 Å². The normalized spacial score (nSPS) is 23.0. The predicted octanol–water partition coefficient (Wildman–Crippen LogP) is 1.07. The SMILES string of the molecule is CC(C)N1CCC(CNC(=O)CCl)C1. The van der Waals surface area contributed by atoms with E-state index in [1.807, 2.05) is 0 Å². The highest BCUT2D eigenvalue weighted by molar-refractivity contribution is 6.27. The lowest BCUT2D eigenvalue weighted by molar-refractivity contribution is -0.118. The van der Waals surface area contributed by atoms with Crippen molar-refractivity contribution in [3.8, 4) is 0 Å². The molecule has 0 bridgehead atoms. The summed E-state index contributed by atoms with van der Waals surface area (Å²) in [5, 5.41) is 2.84. The van der Waals surface area contributed by atoms with Crippen molar-refractivity contribution in [2.24, 2.45) is 5.92 Å². The van der Waals surface area contributed by atoms with Gasteiger partial charge in [-0.05, 0) is 32.7 Å². The molecule has 14 heavy (non-hydrogen) atoms. The van der Waals surface area contributed by atoms with Gasteiger partial charge in [0.1, 0.15) is 5.88 Å². The monoisotopic (exact) mass is 218 g/mol. The van der Waals surface area contributed by atoms with Crippen LogP contribution >= 0.6 is 11.6 Å². The molecule has 82 valence electrons. The van der Waals surface area contributed by atoms with Gasteiger partial charge in [0.2, 0.25) is 5.91 Å². The zero-order chi connectivity index (χ0) is 10.6. The van der Waals surface area contributed by atoms with Crippen molar-refractivity contribution in [2.45, 2.75) is 26.3 Å². The Morgan fingerprint density at radius 1 is 1.64 bits per heavy atom. The molecule has 0 aromatic carbocycles. The summed E-state index contributed by atoms with van der Waals surface area (Å²) in [5.41, 5.74) is 0. The lowest BCUT2D eigenvalue weighted by Crippen LogP contribution is -2.33. The number of nitrogens with one attached hydrogen (secondary N) is 1. The summed E-state index contributed by atoms with van der Waals surface area (Å²) in [5.74, 6) is 0.611. The van der Waals surface area contributed by atoms with E-state index < -0.39 is 0 Å². The first-order valence-corrected chi connectivity index (χ1v) is 5.73. The van der Waals surface area contributed by atoms with E-state index in [4.69, 9.17) is 11.6 Å². The second-order valence-electron chi connectivity index (χ2n) is 4.18. The van der Waals surface area contributed by atoms with Crippen LogP contribution < -0.4 is 5.32 Å². The van der Waals surface area contributed by atoms with Gasteiger partial charge in [0.25, 0.3) is 0 Å². The first kappa shape index (κ1) is 11.8. The molecule has 1 aliphatic heterocycles. The quantitative estimate of drug-likeness (QED) is 0.717. The molecule has 1 amide bonds. The van der Waals surface area contributed by atoms with Crippen LogP contribution in [0.25, 0.3) is 0 Å². The van der Waals surface area contributed by atoms with Crippen LogP contribution in [0.4, 0.5) is 0 Å². The summed E-state index contributed by atoms with van der Waals surface area (Å²) < 4.78 is 0. The van der Waals surface area contributed by atoms with E-state index in [0.29, 0.717) is 12.0 Å². The summed E-state index contributed by atoms with van der Waals surface area (Å²) in [6.45, 7) is 7.44. The minimum Gasteiger partial charge on any atom is -0.355 e. The van der Waals surface area contributed by atoms with E-state index in [0.717, 1.165) is 19.6 Å². The van der Waals surface area contributed by atoms with Crippen LogP contribution in [0.1, 0.15) is 20.3 Å². The smallest absolute Gasteiger partial charge is 0.234 e. The molecule has 1 N–H and O–H groups in total. The Bertz CT molecular complexity index is 197. The molecule has 1 atom stereocenters. The third-order valence-corrected chi connectivity index (χ3v) is 3.00. The van der Waals surface area contributed by atoms with Gasteiger partial charge in [-0.1, -0.05) is 0 Å². The van der Waals surface area contributed by atoms with Gasteiger partial charge in [0, 0.05) is 19.1 Å². The maximum Gasteiger partial charge on any atom is 0.234 e. The maximum absolute atomic E-state index is 10.9. The van der Waals surface area contributed by atoms with Gasteiger partial charge >= 0.3 is 0 Å². The Hall–Kier alpha value is -0.280. The number of carbonyl (C=O) groups is 1. The van der Waals surface area contributed by atoms with Crippen molar-refractivity contribution in [3.05, 3.63) is 0 Å². The van der Waals surface area contributed by atoms with Gasteiger partial charge < -0.3 is 10.2 Å². The lowest BCUT2D eigenvalue weighted by Gasteiger charge is -2.20. The number of carbonyl (C=O) groups excluding carboxylic acids is 1. The zero-order valence-corrected chi connectivity index (χ0v) is 9.68. The van der Waals surface area contributed by atoms with Crippen molar-refractivity contribution >= 4 is 17.5 Å². The van der Waals surface area contributed by atoms with Crippen LogP contribution in [0, 0.1) is 5.92 Å². The molecule has 1 unspecified atom stereocenters. The van der Waals surface area contributed by atoms with Crippen LogP contribution in [-0.2, 0) is 4.79 Å². The third kappa shape index (κ3) is 3.46. The number of alkyl halides is 1. The fraction of sp³-hybridized carbons (Fsp3) is 0.900. The molecule has 1 aliphatic rings. The van der Waals surface area contributed by atoms with E-state index in [9.17, 15) is 4.79 Å². The number of rotatable bonds is 4. The van der Waals surface area contributed by atoms with Gasteiger partial charge in [-0.2, -0.15) is 0 Å². The number of hydrogen-bond donors (Lipinski definition) is 1. The minimum absolute atomic E-state index is 0.0605. The minimum atomic E-state index is -0.0605. The number of likely N-dealkylation sites (tertiary alicyclic amines) is 1. The molecule has 0 aromatic heterocycles. The predicted molar refractivity (Wildman–Crippen MR) is 58.5 cm³/mol. The first-order chi connectivity index (χ1) is 6.63. The maximum atomic E-state index is 10.9. The van der Waals surface area contributed by atoms with Gasteiger partial charge in [0.05, 0.1) is 0 Å². The number of halogens is 1. The second-order valence-corrected chi connectivity index (χ2v) is 4.45. The highest BCUT2D eigenvalue weighted by atomic mass is 35.5. The molecule has 0 aromatic rings. The van der Waals surface area contributed by atoms with E-state index in [1.165, 1.54) is 6.42 Å². The first-order valence-electron chi connectivity index (χ1n) is 5.20. The third-order valence-electron chi connectivity index (χ3n) is 2.76. The van der Waals surface area contributed by atoms with Crippen molar-refractivity contribution in [3.63, 3.8) is 0 Å². The molecule has 1 saturated heterocycles. The summed E-state index contributed by atoms with van der Waals surface area (Å²) in [6, 6.07) is 0.615. The van der Waals surface area contributed by atoms with E-state index in [2.05, 4.69) is 24.1 Å². The molecular formula is C10H19ClN2O. The van der Waals surface area contributed by atoms with Crippen molar-refractivity contribution in [2.75, 3.05) is 25.5 Å². The molecule has 1 rings (SSSR count). The topological polar surface area (TPSA) is 32.3 Å². The average molecular weight is 219 g/mol. The van der Waals surface area contributed by atoms with Gasteiger partial charge in [0.15, 0.2) is 0 Å². The standard InChI is InChI=1S/C10H19ClN2O/c1-8(2)13-4-3-9(7-13)6-12-10(14)5-11/h8-9H,3-7H2,1-2H3,(H,12,14). The Morgan fingerprint density at radius 2 is 2.36 bits per heavy atom. The summed E-state index contributed by atoms with van der Waals surface area (Å²) in [7, 11) is 0. The molecule has 0 radical (unpaired) electrons. The van der Waals surface area contributed by atoms with E-state index >= 15 is 0 Å². The highest BCUT2D eigenvalue weighted by Crippen LogP contribution is 2.17. The van der Waals surface area contributed by atoms with Crippen molar-refractivity contribution in [1.29, 1.82) is 0 Å². The van der Waals surface area contributed by atoms with E-state index in [-0.39, 0.29) is 11.8 Å². The number of nitrogens with zero attached hydrogens (tertiary/aromatic N) is 1. The fourth-order valence-corrected chi connectivity index (χ4v) is 1.90. The van der Waals surface area contributed by atoms with Crippen LogP contribution in [0.3, 0.4) is 0 Å². The summed E-state index contributed by atoms with van der Waals surface area (Å²) >= 11 is 5.39. The molecule has 1 fully saturated rings. The van der Waals surface area contributed by atoms with Crippen molar-refractivity contribution in [1.82, 2.24) is 10.2 Å². The second kappa shape index (κ2) is 5.56.